The van der Waals surface area contributed by atoms with E-state index in [1.165, 1.54) is 28.4 Å². The molecule has 0 aliphatic rings. The van der Waals surface area contributed by atoms with Crippen LogP contribution in [0.25, 0.3) is 0 Å². The number of nitrogens with zero attached hydrogens (tertiary/aromatic N) is 4. The first-order valence-electron chi connectivity index (χ1n) is 4.87. The average Bonchev–Trinajstić information content (AvgIpc) is 2.96. The van der Waals surface area contributed by atoms with E-state index in [-0.39, 0.29) is 12.5 Å². The van der Waals surface area contributed by atoms with Crippen LogP contribution < -0.4 is 0 Å². The highest BCUT2D eigenvalue weighted by Gasteiger charge is 2.11. The SMILES string of the molecule is COC(=O)Cn1nnnc1SCc1cc(Br)cs1. The van der Waals surface area contributed by atoms with Crippen molar-refractivity contribution in [2.24, 2.45) is 0 Å². The van der Waals surface area contributed by atoms with E-state index in [0.717, 1.165) is 10.2 Å². The van der Waals surface area contributed by atoms with Gasteiger partial charge >= 0.3 is 5.97 Å². The second-order valence-corrected chi connectivity index (χ2v) is 6.07. The fourth-order valence-corrected chi connectivity index (χ4v) is 3.53. The van der Waals surface area contributed by atoms with Crippen LogP contribution in [-0.4, -0.2) is 33.3 Å². The number of hydrogen-bond acceptors (Lipinski definition) is 7. The third-order valence-electron chi connectivity index (χ3n) is 1.97. The molecule has 0 saturated heterocycles. The van der Waals surface area contributed by atoms with Crippen molar-refractivity contribution in [3.8, 4) is 0 Å². The highest BCUT2D eigenvalue weighted by Crippen LogP contribution is 2.26. The summed E-state index contributed by atoms with van der Waals surface area (Å²) >= 11 is 6.54. The van der Waals surface area contributed by atoms with E-state index in [2.05, 4.69) is 36.2 Å². The number of halogens is 1. The van der Waals surface area contributed by atoms with Gasteiger partial charge in [0.2, 0.25) is 5.16 Å². The van der Waals surface area contributed by atoms with Gasteiger partial charge in [-0.3, -0.25) is 4.79 Å². The Labute approximate surface area is 120 Å². The number of aromatic nitrogens is 4. The smallest absolute Gasteiger partial charge is 0.327 e. The molecule has 0 spiro atoms. The van der Waals surface area contributed by atoms with Crippen LogP contribution in [0.3, 0.4) is 0 Å². The van der Waals surface area contributed by atoms with Gasteiger partial charge in [-0.15, -0.1) is 16.4 Å². The summed E-state index contributed by atoms with van der Waals surface area (Å²) in [6.45, 7) is 0.0277. The van der Waals surface area contributed by atoms with Crippen molar-refractivity contribution in [2.75, 3.05) is 7.11 Å². The van der Waals surface area contributed by atoms with E-state index >= 15 is 0 Å². The average molecular weight is 349 g/mol. The topological polar surface area (TPSA) is 69.9 Å². The Morgan fingerprint density at radius 2 is 2.50 bits per heavy atom. The van der Waals surface area contributed by atoms with E-state index in [0.29, 0.717) is 5.16 Å². The lowest BCUT2D eigenvalue weighted by Gasteiger charge is -2.01. The molecule has 2 rings (SSSR count). The van der Waals surface area contributed by atoms with Crippen molar-refractivity contribution in [1.29, 1.82) is 0 Å². The summed E-state index contributed by atoms with van der Waals surface area (Å²) in [6, 6.07) is 2.05. The van der Waals surface area contributed by atoms with Gasteiger partial charge in [0.05, 0.1) is 7.11 Å². The maximum absolute atomic E-state index is 11.2. The predicted molar refractivity (Wildman–Crippen MR) is 71.4 cm³/mol. The van der Waals surface area contributed by atoms with Crippen molar-refractivity contribution >= 4 is 45.0 Å². The van der Waals surface area contributed by atoms with Gasteiger partial charge in [0, 0.05) is 20.5 Å². The summed E-state index contributed by atoms with van der Waals surface area (Å²) in [5.41, 5.74) is 0. The third kappa shape index (κ3) is 3.53. The highest BCUT2D eigenvalue weighted by atomic mass is 79.9. The molecule has 9 heteroatoms. The molecule has 0 bridgehead atoms. The maximum atomic E-state index is 11.2. The van der Waals surface area contributed by atoms with Crippen LogP contribution in [0.15, 0.2) is 21.1 Å². The molecule has 0 atom stereocenters. The minimum absolute atomic E-state index is 0.0277. The van der Waals surface area contributed by atoms with E-state index in [1.807, 2.05) is 11.4 Å². The first-order valence-corrected chi connectivity index (χ1v) is 7.53. The molecule has 2 heterocycles. The zero-order valence-electron chi connectivity index (χ0n) is 9.37. The number of esters is 1. The van der Waals surface area contributed by atoms with Crippen LogP contribution >= 0.6 is 39.0 Å². The number of thiophene rings is 1. The Morgan fingerprint density at radius 1 is 1.67 bits per heavy atom. The zero-order valence-corrected chi connectivity index (χ0v) is 12.6. The summed E-state index contributed by atoms with van der Waals surface area (Å²) in [7, 11) is 1.34. The number of carbonyl (C=O) groups excluding carboxylic acids is 1. The Morgan fingerprint density at radius 3 is 3.17 bits per heavy atom. The summed E-state index contributed by atoms with van der Waals surface area (Å²) < 4.78 is 7.07. The fraction of sp³-hybridized carbons (Fsp3) is 0.333. The van der Waals surface area contributed by atoms with E-state index in [4.69, 9.17) is 0 Å². The van der Waals surface area contributed by atoms with Crippen molar-refractivity contribution < 1.29 is 9.53 Å². The standard InChI is InChI=1S/C9H9BrN4O2S2/c1-16-8(15)3-14-9(11-12-13-14)18-5-7-2-6(10)4-17-7/h2,4H,3,5H2,1H3. The molecule has 2 aromatic rings. The molecule has 0 aliphatic carbocycles. The Bertz CT molecular complexity index is 542. The molecule has 6 nitrogen and oxygen atoms in total. The Balaban J connectivity index is 1.97. The minimum Gasteiger partial charge on any atom is -0.468 e. The lowest BCUT2D eigenvalue weighted by atomic mass is 10.5. The summed E-state index contributed by atoms with van der Waals surface area (Å²) in [5.74, 6) is 0.390. The second kappa shape index (κ2) is 6.30. The summed E-state index contributed by atoms with van der Waals surface area (Å²) in [6.07, 6.45) is 0. The van der Waals surface area contributed by atoms with Crippen molar-refractivity contribution in [2.45, 2.75) is 17.5 Å². The second-order valence-electron chi connectivity index (χ2n) is 3.22. The van der Waals surface area contributed by atoms with Crippen molar-refractivity contribution in [1.82, 2.24) is 20.2 Å². The highest BCUT2D eigenvalue weighted by molar-refractivity contribution is 9.10. The number of methoxy groups -OCH3 is 1. The van der Waals surface area contributed by atoms with Crippen LogP contribution in [0.5, 0.6) is 0 Å². The van der Waals surface area contributed by atoms with Gasteiger partial charge in [-0.2, -0.15) is 0 Å². The molecule has 0 radical (unpaired) electrons. The summed E-state index contributed by atoms with van der Waals surface area (Å²) in [5, 5.41) is 13.8. The lowest BCUT2D eigenvalue weighted by molar-refractivity contribution is -0.141. The van der Waals surface area contributed by atoms with E-state index < -0.39 is 0 Å². The van der Waals surface area contributed by atoms with Gasteiger partial charge in [-0.1, -0.05) is 11.8 Å². The van der Waals surface area contributed by atoms with E-state index in [9.17, 15) is 4.79 Å². The number of rotatable bonds is 5. The summed E-state index contributed by atoms with van der Waals surface area (Å²) in [4.78, 5) is 12.4. The third-order valence-corrected chi connectivity index (χ3v) is 4.86. The molecular weight excluding hydrogens is 340 g/mol. The molecular formula is C9H9BrN4O2S2. The number of thioether (sulfide) groups is 1. The number of hydrogen-bond donors (Lipinski definition) is 0. The molecule has 0 fully saturated rings. The van der Waals surface area contributed by atoms with Gasteiger partial charge in [0.25, 0.3) is 0 Å². The van der Waals surface area contributed by atoms with Crippen LogP contribution in [0.1, 0.15) is 4.88 Å². The molecule has 0 unspecified atom stereocenters. The largest absolute Gasteiger partial charge is 0.468 e. The first kappa shape index (κ1) is 13.5. The lowest BCUT2D eigenvalue weighted by Crippen LogP contribution is -2.13. The predicted octanol–water partition coefficient (Wildman–Crippen LogP) is 1.96. The molecule has 2 aromatic heterocycles. The molecule has 0 aliphatic heterocycles. The first-order chi connectivity index (χ1) is 8.69. The molecule has 0 aromatic carbocycles. The molecule has 0 N–H and O–H groups in total. The van der Waals surface area contributed by atoms with Crippen LogP contribution in [-0.2, 0) is 21.8 Å². The van der Waals surface area contributed by atoms with Crippen LogP contribution in [0, 0.1) is 0 Å². The number of carbonyl (C=O) groups is 1. The zero-order chi connectivity index (χ0) is 13.0. The number of ether oxygens (including phenoxy) is 1. The minimum atomic E-state index is -0.372. The van der Waals surface area contributed by atoms with E-state index in [1.54, 1.807) is 11.3 Å². The number of tetrazole rings is 1. The molecule has 18 heavy (non-hydrogen) atoms. The van der Waals surface area contributed by atoms with Gasteiger partial charge in [0.15, 0.2) is 0 Å². The molecule has 96 valence electrons. The van der Waals surface area contributed by atoms with Gasteiger partial charge in [-0.25, -0.2) is 4.68 Å². The van der Waals surface area contributed by atoms with Crippen molar-refractivity contribution in [3.05, 3.63) is 20.8 Å². The molecule has 0 amide bonds. The quantitative estimate of drug-likeness (QED) is 0.607. The Kier molecular flexibility index (Phi) is 4.72. The normalized spacial score (nSPS) is 10.6. The maximum Gasteiger partial charge on any atom is 0.327 e. The van der Waals surface area contributed by atoms with Gasteiger partial charge < -0.3 is 4.74 Å². The Hall–Kier alpha value is -0.930. The molecule has 0 saturated carbocycles. The van der Waals surface area contributed by atoms with Crippen molar-refractivity contribution in [3.63, 3.8) is 0 Å². The van der Waals surface area contributed by atoms with Crippen LogP contribution in [0.2, 0.25) is 0 Å². The van der Waals surface area contributed by atoms with Crippen LogP contribution in [0.4, 0.5) is 0 Å². The monoisotopic (exact) mass is 348 g/mol. The fourth-order valence-electron chi connectivity index (χ4n) is 1.15. The van der Waals surface area contributed by atoms with Gasteiger partial charge in [0.1, 0.15) is 6.54 Å². The van der Waals surface area contributed by atoms with Gasteiger partial charge in [-0.05, 0) is 32.4 Å².